The first-order valence-corrected chi connectivity index (χ1v) is 12.9. The molecule has 0 aliphatic heterocycles. The van der Waals surface area contributed by atoms with Crippen LogP contribution in [0.1, 0.15) is 11.1 Å². The molecule has 0 saturated carbocycles. The maximum Gasteiger partial charge on any atom is 0.322 e. The van der Waals surface area contributed by atoms with E-state index in [2.05, 4.69) is 21.1 Å². The van der Waals surface area contributed by atoms with Gasteiger partial charge in [-0.25, -0.2) is 13.4 Å². The number of hydrogen-bond acceptors (Lipinski definition) is 6. The van der Waals surface area contributed by atoms with E-state index < -0.39 is 22.0 Å². The van der Waals surface area contributed by atoms with Crippen molar-refractivity contribution in [1.29, 1.82) is 0 Å². The lowest BCUT2D eigenvalue weighted by Gasteiger charge is -2.14. The minimum atomic E-state index is -3.89. The number of pyridine rings is 1. The number of hydrogen-bond donors (Lipinski definition) is 3. The molecule has 2 heterocycles. The number of aromatic nitrogens is 1. The van der Waals surface area contributed by atoms with Gasteiger partial charge >= 0.3 is 5.97 Å². The van der Waals surface area contributed by atoms with Gasteiger partial charge in [0.2, 0.25) is 0 Å². The molecule has 0 aliphatic rings. The lowest BCUT2D eigenvalue weighted by atomic mass is 9.99. The fraction of sp³-hybridized carbons (Fsp3) is 0.120. The van der Waals surface area contributed by atoms with Gasteiger partial charge in [-0.15, -0.1) is 11.3 Å². The van der Waals surface area contributed by atoms with E-state index in [0.717, 1.165) is 39.4 Å². The van der Waals surface area contributed by atoms with Crippen LogP contribution in [-0.2, 0) is 27.8 Å². The fourth-order valence-electron chi connectivity index (χ4n) is 3.43. The van der Waals surface area contributed by atoms with E-state index in [1.165, 1.54) is 6.07 Å². The third kappa shape index (κ3) is 6.07. The molecule has 2 aromatic heterocycles. The molecule has 0 bridgehead atoms. The van der Waals surface area contributed by atoms with Crippen molar-refractivity contribution in [3.63, 3.8) is 0 Å². The number of benzene rings is 2. The topological polar surface area (TPSA) is 108 Å². The Morgan fingerprint density at radius 1 is 0.941 bits per heavy atom. The Labute approximate surface area is 202 Å². The van der Waals surface area contributed by atoms with Gasteiger partial charge in [-0.2, -0.15) is 4.72 Å². The number of rotatable bonds is 10. The maximum atomic E-state index is 12.4. The summed E-state index contributed by atoms with van der Waals surface area (Å²) in [7, 11) is -3.89. The van der Waals surface area contributed by atoms with Gasteiger partial charge in [0.15, 0.2) is 0 Å². The predicted molar refractivity (Wildman–Crippen MR) is 133 cm³/mol. The number of carboxylic acid groups (broad SMARTS) is 1. The van der Waals surface area contributed by atoms with Crippen LogP contribution in [0, 0.1) is 0 Å². The van der Waals surface area contributed by atoms with Crippen LogP contribution >= 0.6 is 11.3 Å². The first-order chi connectivity index (χ1) is 16.4. The highest BCUT2D eigenvalue weighted by Gasteiger charge is 2.26. The smallest absolute Gasteiger partial charge is 0.322 e. The third-order valence-electron chi connectivity index (χ3n) is 5.15. The number of aliphatic carboxylic acids is 1. The van der Waals surface area contributed by atoms with Crippen molar-refractivity contribution < 1.29 is 18.3 Å². The summed E-state index contributed by atoms with van der Waals surface area (Å²) in [5.41, 5.74) is 3.83. The van der Waals surface area contributed by atoms with Crippen LogP contribution in [0.2, 0.25) is 0 Å². The Bertz CT molecular complexity index is 1340. The molecule has 0 fully saturated rings. The van der Waals surface area contributed by atoms with Crippen molar-refractivity contribution >= 4 is 33.1 Å². The molecular weight excluding hydrogens is 470 g/mol. The molecule has 0 saturated heterocycles. The Morgan fingerprint density at radius 2 is 1.76 bits per heavy atom. The molecule has 174 valence electrons. The highest BCUT2D eigenvalue weighted by Crippen LogP contribution is 2.22. The molecule has 3 N–H and O–H groups in total. The Balaban J connectivity index is 1.43. The molecule has 7 nitrogen and oxygen atoms in total. The van der Waals surface area contributed by atoms with Crippen LogP contribution in [-0.4, -0.2) is 30.5 Å². The van der Waals surface area contributed by atoms with Crippen LogP contribution in [0.25, 0.3) is 11.1 Å². The number of nitrogens with one attached hydrogen (secondary N) is 2. The summed E-state index contributed by atoms with van der Waals surface area (Å²) in [4.78, 5) is 16.0. The third-order valence-corrected chi connectivity index (χ3v) is 8.02. The Morgan fingerprint density at radius 3 is 2.44 bits per heavy atom. The second-order valence-corrected chi connectivity index (χ2v) is 10.5. The molecular formula is C25H23N3O4S2. The minimum Gasteiger partial charge on any atom is -0.480 e. The number of nitrogens with zero attached hydrogens (tertiary/aromatic N) is 1. The number of thiophene rings is 1. The van der Waals surface area contributed by atoms with Crippen LogP contribution in [0.3, 0.4) is 0 Å². The Kier molecular flexibility index (Phi) is 7.36. The largest absolute Gasteiger partial charge is 0.480 e. The molecule has 0 radical (unpaired) electrons. The number of sulfonamides is 1. The average Bonchev–Trinajstić information content (AvgIpc) is 3.40. The normalized spacial score (nSPS) is 12.2. The molecule has 4 rings (SSSR count). The van der Waals surface area contributed by atoms with Crippen molar-refractivity contribution in [2.45, 2.75) is 23.2 Å². The van der Waals surface area contributed by atoms with E-state index in [1.807, 2.05) is 60.7 Å². The summed E-state index contributed by atoms with van der Waals surface area (Å²) in [5, 5.41) is 14.5. The highest BCUT2D eigenvalue weighted by atomic mass is 32.2. The van der Waals surface area contributed by atoms with E-state index in [4.69, 9.17) is 0 Å². The lowest BCUT2D eigenvalue weighted by molar-refractivity contribution is -0.138. The van der Waals surface area contributed by atoms with Gasteiger partial charge in [-0.1, -0.05) is 54.6 Å². The van der Waals surface area contributed by atoms with Crippen molar-refractivity contribution in [2.24, 2.45) is 0 Å². The molecule has 0 amide bonds. The van der Waals surface area contributed by atoms with Gasteiger partial charge in [0, 0.05) is 12.7 Å². The summed E-state index contributed by atoms with van der Waals surface area (Å²) in [6.45, 7) is 0.633. The van der Waals surface area contributed by atoms with E-state index in [1.54, 1.807) is 17.6 Å². The van der Waals surface area contributed by atoms with E-state index in [9.17, 15) is 18.3 Å². The van der Waals surface area contributed by atoms with Crippen molar-refractivity contribution in [2.75, 3.05) is 5.32 Å². The predicted octanol–water partition coefficient (Wildman–Crippen LogP) is 4.40. The summed E-state index contributed by atoms with van der Waals surface area (Å²) in [6.07, 6.45) is 1.77. The first-order valence-electron chi connectivity index (χ1n) is 10.5. The SMILES string of the molecule is O=C(O)[C@H](Cc1ccc(-c2cccc(CNc3ccccn3)c2)cc1)NS(=O)(=O)c1cccs1. The molecule has 0 unspecified atom stereocenters. The first kappa shape index (κ1) is 23.6. The number of carboxylic acids is 1. The van der Waals surface area contributed by atoms with E-state index in [-0.39, 0.29) is 10.6 Å². The van der Waals surface area contributed by atoms with E-state index in [0.29, 0.717) is 6.54 Å². The second kappa shape index (κ2) is 10.6. The van der Waals surface area contributed by atoms with Gasteiger partial charge in [0.05, 0.1) is 0 Å². The standard InChI is InChI=1S/C25H23N3O4S2/c29-25(30)22(28-34(31,32)24-8-4-14-33-24)16-18-9-11-20(12-10-18)21-6-3-5-19(15-21)17-27-23-7-1-2-13-26-23/h1-15,22,28H,16-17H2,(H,26,27)(H,29,30)/t22-/m0/s1. The quantitative estimate of drug-likeness (QED) is 0.302. The fourth-order valence-corrected chi connectivity index (χ4v) is 5.63. The van der Waals surface area contributed by atoms with Crippen molar-refractivity contribution in [1.82, 2.24) is 9.71 Å². The molecule has 4 aromatic rings. The summed E-state index contributed by atoms with van der Waals surface area (Å²) in [6, 6.07) is 23.1. The molecule has 9 heteroatoms. The minimum absolute atomic E-state index is 0.0360. The lowest BCUT2D eigenvalue weighted by Crippen LogP contribution is -2.42. The molecule has 34 heavy (non-hydrogen) atoms. The van der Waals surface area contributed by atoms with Crippen LogP contribution in [0.15, 0.2) is 94.6 Å². The summed E-state index contributed by atoms with van der Waals surface area (Å²) in [5.74, 6) is -0.419. The van der Waals surface area contributed by atoms with E-state index >= 15 is 0 Å². The number of anilines is 1. The van der Waals surface area contributed by atoms with Gasteiger partial charge in [0.25, 0.3) is 10.0 Å². The van der Waals surface area contributed by atoms with Crippen molar-refractivity contribution in [3.05, 3.63) is 102 Å². The zero-order valence-electron chi connectivity index (χ0n) is 18.1. The summed E-state index contributed by atoms with van der Waals surface area (Å²) < 4.78 is 27.3. The van der Waals surface area contributed by atoms with Crippen LogP contribution in [0.5, 0.6) is 0 Å². The van der Waals surface area contributed by atoms with Crippen LogP contribution in [0.4, 0.5) is 5.82 Å². The molecule has 2 aromatic carbocycles. The van der Waals surface area contributed by atoms with Gasteiger partial charge in [-0.3, -0.25) is 4.79 Å². The average molecular weight is 494 g/mol. The second-order valence-electron chi connectivity index (χ2n) is 7.61. The monoisotopic (exact) mass is 493 g/mol. The number of carbonyl (C=O) groups is 1. The zero-order chi connectivity index (χ0) is 24.0. The maximum absolute atomic E-state index is 12.4. The molecule has 0 spiro atoms. The van der Waals surface area contributed by atoms with Crippen molar-refractivity contribution in [3.8, 4) is 11.1 Å². The molecule has 0 aliphatic carbocycles. The summed E-state index contributed by atoms with van der Waals surface area (Å²) >= 11 is 1.04. The Hall–Kier alpha value is -3.53. The van der Waals surface area contributed by atoms with Gasteiger partial charge in [0.1, 0.15) is 16.1 Å². The van der Waals surface area contributed by atoms with Crippen LogP contribution < -0.4 is 10.0 Å². The van der Waals surface area contributed by atoms with Gasteiger partial charge < -0.3 is 10.4 Å². The molecule has 1 atom stereocenters. The zero-order valence-corrected chi connectivity index (χ0v) is 19.7. The highest BCUT2D eigenvalue weighted by molar-refractivity contribution is 7.91. The van der Waals surface area contributed by atoms with Gasteiger partial charge in [-0.05, 0) is 58.3 Å².